The molecule has 0 unspecified atom stereocenters. The number of halogens is 1. The molecule has 4 nitrogen and oxygen atoms in total. The number of nitrogens with one attached hydrogen (secondary N) is 1. The molecule has 1 aliphatic carbocycles. The van der Waals surface area contributed by atoms with Crippen molar-refractivity contribution in [2.45, 2.75) is 43.0 Å². The van der Waals surface area contributed by atoms with E-state index in [1.807, 2.05) is 6.92 Å². The predicted octanol–water partition coefficient (Wildman–Crippen LogP) is 2.53. The second-order valence-corrected chi connectivity index (χ2v) is 6.86. The van der Waals surface area contributed by atoms with Crippen molar-refractivity contribution < 1.29 is 8.42 Å². The zero-order valence-electron chi connectivity index (χ0n) is 10.2. The van der Waals surface area contributed by atoms with Gasteiger partial charge in [-0.3, -0.25) is 0 Å². The smallest absolute Gasteiger partial charge is 0.243 e. The molecule has 0 aliphatic heterocycles. The van der Waals surface area contributed by atoms with Crippen LogP contribution in [0, 0.1) is 0 Å². The Balaban J connectivity index is 2.31. The molecule has 0 amide bonds. The van der Waals surface area contributed by atoms with Crippen LogP contribution in [-0.2, 0) is 10.0 Å². The Morgan fingerprint density at radius 2 is 2.11 bits per heavy atom. The van der Waals surface area contributed by atoms with Crippen LogP contribution in [0.3, 0.4) is 0 Å². The monoisotopic (exact) mass is 288 g/mol. The van der Waals surface area contributed by atoms with Gasteiger partial charge in [-0.1, -0.05) is 18.5 Å². The number of sulfonamides is 1. The number of nitrogens with two attached hydrogens (primary N) is 1. The molecule has 0 radical (unpaired) electrons. The minimum absolute atomic E-state index is 0.103. The van der Waals surface area contributed by atoms with Crippen molar-refractivity contribution in [2.75, 3.05) is 5.73 Å². The molecule has 0 heterocycles. The largest absolute Gasteiger partial charge is 0.398 e. The van der Waals surface area contributed by atoms with Crippen LogP contribution >= 0.6 is 11.6 Å². The van der Waals surface area contributed by atoms with Crippen LogP contribution in [-0.4, -0.2) is 14.0 Å². The van der Waals surface area contributed by atoms with Crippen LogP contribution in [0.15, 0.2) is 23.1 Å². The van der Waals surface area contributed by atoms with Gasteiger partial charge >= 0.3 is 0 Å². The van der Waals surface area contributed by atoms with Crippen molar-refractivity contribution in [3.63, 3.8) is 0 Å². The molecule has 1 saturated carbocycles. The lowest BCUT2D eigenvalue weighted by atomic mass is 9.76. The molecule has 1 fully saturated rings. The summed E-state index contributed by atoms with van der Waals surface area (Å²) in [6.07, 6.45) is 3.62. The Labute approximate surface area is 113 Å². The lowest BCUT2D eigenvalue weighted by Crippen LogP contribution is -2.52. The van der Waals surface area contributed by atoms with Crippen LogP contribution in [0.25, 0.3) is 0 Å². The SMILES string of the molecule is CCC1(NS(=O)(=O)c2ccc(Cl)cc2N)CCC1. The molecule has 1 aromatic carbocycles. The van der Waals surface area contributed by atoms with Crippen LogP contribution in [0.4, 0.5) is 5.69 Å². The summed E-state index contributed by atoms with van der Waals surface area (Å²) in [5, 5.41) is 0.431. The third-order valence-electron chi connectivity index (χ3n) is 3.60. The topological polar surface area (TPSA) is 72.2 Å². The van der Waals surface area contributed by atoms with E-state index in [1.54, 1.807) is 0 Å². The summed E-state index contributed by atoms with van der Waals surface area (Å²) in [5.41, 5.74) is 5.62. The van der Waals surface area contributed by atoms with E-state index in [2.05, 4.69) is 4.72 Å². The molecule has 1 aromatic rings. The predicted molar refractivity (Wildman–Crippen MR) is 73.1 cm³/mol. The molecule has 0 saturated heterocycles. The third kappa shape index (κ3) is 2.48. The highest BCUT2D eigenvalue weighted by molar-refractivity contribution is 7.89. The Morgan fingerprint density at radius 3 is 2.56 bits per heavy atom. The number of nitrogen functional groups attached to an aromatic ring is 1. The number of anilines is 1. The van der Waals surface area contributed by atoms with Crippen LogP contribution < -0.4 is 10.5 Å². The molecule has 6 heteroatoms. The zero-order valence-corrected chi connectivity index (χ0v) is 11.8. The fourth-order valence-corrected chi connectivity index (χ4v) is 4.06. The van der Waals surface area contributed by atoms with Crippen molar-refractivity contribution >= 4 is 27.3 Å². The second kappa shape index (κ2) is 4.72. The van der Waals surface area contributed by atoms with E-state index in [4.69, 9.17) is 17.3 Å². The summed E-state index contributed by atoms with van der Waals surface area (Å²) in [5.74, 6) is 0. The van der Waals surface area contributed by atoms with Gasteiger partial charge in [0.15, 0.2) is 0 Å². The van der Waals surface area contributed by atoms with Gasteiger partial charge in [0.05, 0.1) is 5.69 Å². The van der Waals surface area contributed by atoms with Crippen LogP contribution in [0.5, 0.6) is 0 Å². The van der Waals surface area contributed by atoms with Gasteiger partial charge in [-0.15, -0.1) is 0 Å². The average Bonchev–Trinajstić information content (AvgIpc) is 2.23. The second-order valence-electron chi connectivity index (χ2n) is 4.78. The number of rotatable bonds is 4. The summed E-state index contributed by atoms with van der Waals surface area (Å²) in [6.45, 7) is 1.99. The number of hydrogen-bond donors (Lipinski definition) is 2. The molecule has 100 valence electrons. The molecule has 3 N–H and O–H groups in total. The summed E-state index contributed by atoms with van der Waals surface area (Å²) in [6, 6.07) is 4.43. The zero-order chi connectivity index (χ0) is 13.4. The maximum atomic E-state index is 12.3. The first kappa shape index (κ1) is 13.6. The average molecular weight is 289 g/mol. The molecule has 0 atom stereocenters. The summed E-state index contributed by atoms with van der Waals surface area (Å²) >= 11 is 5.77. The quantitative estimate of drug-likeness (QED) is 0.836. The highest BCUT2D eigenvalue weighted by atomic mass is 35.5. The van der Waals surface area contributed by atoms with Gasteiger partial charge in [-0.25, -0.2) is 13.1 Å². The van der Waals surface area contributed by atoms with E-state index in [1.165, 1.54) is 18.2 Å². The molecule has 1 aliphatic rings. The van der Waals surface area contributed by atoms with Gasteiger partial charge in [0, 0.05) is 10.6 Å². The Hall–Kier alpha value is -0.780. The fraction of sp³-hybridized carbons (Fsp3) is 0.500. The van der Waals surface area contributed by atoms with Crippen molar-refractivity contribution in [1.82, 2.24) is 4.72 Å². The Morgan fingerprint density at radius 1 is 1.44 bits per heavy atom. The molecule has 0 bridgehead atoms. The molecule has 0 aromatic heterocycles. The van der Waals surface area contributed by atoms with Crippen molar-refractivity contribution in [1.29, 1.82) is 0 Å². The minimum atomic E-state index is -3.57. The van der Waals surface area contributed by atoms with Gasteiger partial charge in [0.2, 0.25) is 10.0 Å². The normalized spacial score (nSPS) is 18.3. The minimum Gasteiger partial charge on any atom is -0.398 e. The Bertz CT molecular complexity index is 548. The van der Waals surface area contributed by atoms with E-state index in [0.717, 1.165) is 25.7 Å². The molecular weight excluding hydrogens is 272 g/mol. The van der Waals surface area contributed by atoms with Crippen molar-refractivity contribution in [3.05, 3.63) is 23.2 Å². The summed E-state index contributed by atoms with van der Waals surface area (Å²) in [7, 11) is -3.57. The van der Waals surface area contributed by atoms with Crippen molar-refractivity contribution in [2.24, 2.45) is 0 Å². The first-order valence-corrected chi connectivity index (χ1v) is 7.84. The fourth-order valence-electron chi connectivity index (χ4n) is 2.24. The maximum absolute atomic E-state index is 12.3. The van der Waals surface area contributed by atoms with Gasteiger partial charge in [-0.05, 0) is 43.9 Å². The van der Waals surface area contributed by atoms with Gasteiger partial charge in [-0.2, -0.15) is 0 Å². The van der Waals surface area contributed by atoms with Gasteiger partial charge in [0.1, 0.15) is 4.90 Å². The highest BCUT2D eigenvalue weighted by Gasteiger charge is 2.39. The number of benzene rings is 1. The maximum Gasteiger partial charge on any atom is 0.243 e. The Kier molecular flexibility index (Phi) is 3.58. The molecule has 0 spiro atoms. The van der Waals surface area contributed by atoms with E-state index in [9.17, 15) is 8.42 Å². The van der Waals surface area contributed by atoms with Crippen molar-refractivity contribution in [3.8, 4) is 0 Å². The molecule has 18 heavy (non-hydrogen) atoms. The van der Waals surface area contributed by atoms with Gasteiger partial charge < -0.3 is 5.73 Å². The highest BCUT2D eigenvalue weighted by Crippen LogP contribution is 2.36. The molecular formula is C12H17ClN2O2S. The van der Waals surface area contributed by atoms with E-state index < -0.39 is 10.0 Å². The standard InChI is InChI=1S/C12H17ClN2O2S/c1-2-12(6-3-7-12)15-18(16,17)11-5-4-9(13)8-10(11)14/h4-5,8,15H,2-3,6-7,14H2,1H3. The van der Waals surface area contributed by atoms with E-state index in [-0.39, 0.29) is 16.1 Å². The van der Waals surface area contributed by atoms with Crippen LogP contribution in [0.1, 0.15) is 32.6 Å². The summed E-state index contributed by atoms with van der Waals surface area (Å²) in [4.78, 5) is 0.103. The van der Waals surface area contributed by atoms with Gasteiger partial charge in [0.25, 0.3) is 0 Å². The van der Waals surface area contributed by atoms with E-state index in [0.29, 0.717) is 5.02 Å². The lowest BCUT2D eigenvalue weighted by molar-refractivity contribution is 0.214. The first-order valence-electron chi connectivity index (χ1n) is 5.98. The molecule has 2 rings (SSSR count). The number of hydrogen-bond acceptors (Lipinski definition) is 3. The summed E-state index contributed by atoms with van der Waals surface area (Å²) < 4.78 is 27.4. The third-order valence-corrected chi connectivity index (χ3v) is 5.49. The first-order chi connectivity index (χ1) is 8.38. The van der Waals surface area contributed by atoms with E-state index >= 15 is 0 Å². The van der Waals surface area contributed by atoms with Crippen LogP contribution in [0.2, 0.25) is 5.02 Å². The lowest BCUT2D eigenvalue weighted by Gasteiger charge is -2.41.